The van der Waals surface area contributed by atoms with E-state index in [9.17, 15) is 18.2 Å². The first-order valence-corrected chi connectivity index (χ1v) is 11.0. The monoisotopic (exact) mass is 454 g/mol. The number of sulfonamides is 1. The van der Waals surface area contributed by atoms with Crippen molar-refractivity contribution in [2.45, 2.75) is 18.2 Å². The fourth-order valence-electron chi connectivity index (χ4n) is 3.12. The zero-order valence-corrected chi connectivity index (χ0v) is 17.5. The molecule has 12 heteroatoms. The van der Waals surface area contributed by atoms with Crippen LogP contribution in [0.3, 0.4) is 0 Å². The molecule has 4 rings (SSSR count). The number of benzene rings is 2. The summed E-state index contributed by atoms with van der Waals surface area (Å²) in [4.78, 5) is 15.9. The molecule has 0 bridgehead atoms. The summed E-state index contributed by atoms with van der Waals surface area (Å²) in [5.74, 6) is 0. The van der Waals surface area contributed by atoms with Gasteiger partial charge in [0.25, 0.3) is 10.0 Å². The number of nitrogen functional groups attached to an aromatic ring is 1. The number of nitrogens with one attached hydrogen (secondary N) is 2. The fourth-order valence-corrected chi connectivity index (χ4v) is 4.22. The normalized spacial score (nSPS) is 12.8. The van der Waals surface area contributed by atoms with E-state index in [0.29, 0.717) is 5.46 Å². The Morgan fingerprint density at radius 2 is 1.97 bits per heavy atom. The highest BCUT2D eigenvalue weighted by Gasteiger charge is 2.28. The van der Waals surface area contributed by atoms with Crippen LogP contribution in [0.25, 0.3) is 0 Å². The van der Waals surface area contributed by atoms with Crippen LogP contribution < -0.4 is 21.2 Å². The largest absolute Gasteiger partial charge is 0.491 e. The van der Waals surface area contributed by atoms with Gasteiger partial charge in [0, 0.05) is 5.69 Å². The number of pyridine rings is 1. The molecule has 0 atom stereocenters. The van der Waals surface area contributed by atoms with Crippen LogP contribution in [0.1, 0.15) is 11.1 Å². The molecular formula is C20H19BN4O6S. The molecule has 0 spiro atoms. The maximum absolute atomic E-state index is 12.7. The smallest absolute Gasteiger partial charge is 0.444 e. The van der Waals surface area contributed by atoms with E-state index in [4.69, 9.17) is 15.1 Å². The van der Waals surface area contributed by atoms with E-state index >= 15 is 0 Å². The highest BCUT2D eigenvalue weighted by molar-refractivity contribution is 7.92. The number of hydrogen-bond acceptors (Lipinski definition) is 8. The van der Waals surface area contributed by atoms with Gasteiger partial charge in [-0.3, -0.25) is 10.0 Å². The van der Waals surface area contributed by atoms with Gasteiger partial charge in [0.05, 0.1) is 24.2 Å². The number of nitrogens with zero attached hydrogens (tertiary/aromatic N) is 1. The van der Waals surface area contributed by atoms with Crippen molar-refractivity contribution < 1.29 is 27.6 Å². The number of ether oxygens (including phenoxy) is 1. The highest BCUT2D eigenvalue weighted by atomic mass is 32.2. The lowest BCUT2D eigenvalue weighted by atomic mass is 9.79. The summed E-state index contributed by atoms with van der Waals surface area (Å²) in [5.41, 5.74) is 8.19. The van der Waals surface area contributed by atoms with E-state index in [-0.39, 0.29) is 30.3 Å². The molecule has 32 heavy (non-hydrogen) atoms. The first-order valence-electron chi connectivity index (χ1n) is 9.50. The van der Waals surface area contributed by atoms with Crippen LogP contribution in [0.2, 0.25) is 0 Å². The summed E-state index contributed by atoms with van der Waals surface area (Å²) < 4.78 is 38.1. The van der Waals surface area contributed by atoms with E-state index in [0.717, 1.165) is 17.3 Å². The van der Waals surface area contributed by atoms with Crippen LogP contribution in [-0.2, 0) is 32.6 Å². The minimum Gasteiger partial charge on any atom is -0.444 e. The Balaban J connectivity index is 1.43. The zero-order chi connectivity index (χ0) is 22.7. The van der Waals surface area contributed by atoms with Crippen molar-refractivity contribution in [3.63, 3.8) is 0 Å². The molecule has 0 saturated carbocycles. The first kappa shape index (κ1) is 21.6. The molecule has 1 aromatic heterocycles. The number of anilines is 3. The fraction of sp³-hybridized carbons (Fsp3) is 0.100. The van der Waals surface area contributed by atoms with Gasteiger partial charge in [-0.25, -0.2) is 9.78 Å². The van der Waals surface area contributed by atoms with Crippen LogP contribution in [0.5, 0.6) is 0 Å². The molecule has 0 fully saturated rings. The number of hydrogen-bond donors (Lipinski definition) is 4. The van der Waals surface area contributed by atoms with Gasteiger partial charge in [-0.1, -0.05) is 36.4 Å². The second-order valence-corrected chi connectivity index (χ2v) is 8.59. The zero-order valence-electron chi connectivity index (χ0n) is 16.7. The summed E-state index contributed by atoms with van der Waals surface area (Å²) in [6.07, 6.45) is 0.428. The molecule has 164 valence electrons. The molecule has 0 saturated heterocycles. The second kappa shape index (κ2) is 8.87. The predicted octanol–water partition coefficient (Wildman–Crippen LogP) is 1.43. The van der Waals surface area contributed by atoms with Crippen LogP contribution in [0.15, 0.2) is 65.8 Å². The van der Waals surface area contributed by atoms with Crippen LogP contribution in [0, 0.1) is 0 Å². The third-order valence-electron chi connectivity index (χ3n) is 4.65. The first-order chi connectivity index (χ1) is 15.3. The average Bonchev–Trinajstić information content (AvgIpc) is 3.13. The molecule has 2 heterocycles. The van der Waals surface area contributed by atoms with Crippen molar-refractivity contribution >= 4 is 45.8 Å². The van der Waals surface area contributed by atoms with Gasteiger partial charge in [-0.15, -0.1) is 0 Å². The lowest BCUT2D eigenvalue weighted by Gasteiger charge is -2.12. The van der Waals surface area contributed by atoms with E-state index in [1.54, 1.807) is 12.1 Å². The molecule has 2 aromatic carbocycles. The number of rotatable bonds is 6. The van der Waals surface area contributed by atoms with Crippen molar-refractivity contribution in [1.82, 2.24) is 4.98 Å². The number of nitrogens with two attached hydrogens (primary N) is 1. The molecule has 1 amide bonds. The molecule has 5 N–H and O–H groups in total. The van der Waals surface area contributed by atoms with E-state index in [2.05, 4.69) is 15.0 Å². The number of carbonyl (C=O) groups excluding carboxylic acids is 1. The molecular weight excluding hydrogens is 435 g/mol. The summed E-state index contributed by atoms with van der Waals surface area (Å²) in [7, 11) is -5.23. The summed E-state index contributed by atoms with van der Waals surface area (Å²) in [6.45, 7) is 0.326. The minimum atomic E-state index is -4.12. The van der Waals surface area contributed by atoms with Crippen molar-refractivity contribution in [3.05, 3.63) is 71.9 Å². The second-order valence-electron chi connectivity index (χ2n) is 6.99. The quantitative estimate of drug-likeness (QED) is 0.408. The number of fused-ring (bicyclic) bond motifs is 1. The van der Waals surface area contributed by atoms with Gasteiger partial charge >= 0.3 is 13.2 Å². The van der Waals surface area contributed by atoms with E-state index in [1.165, 1.54) is 12.1 Å². The SMILES string of the molecule is Nc1cc(NC(=O)OCc2ccccc2)cnc1S(=O)(=O)Nc1ccc2c(c1)B(O)OC2. The Morgan fingerprint density at radius 3 is 2.72 bits per heavy atom. The lowest BCUT2D eigenvalue weighted by Crippen LogP contribution is -2.28. The minimum absolute atomic E-state index is 0.0759. The van der Waals surface area contributed by atoms with Gasteiger partial charge in [0.15, 0.2) is 5.03 Å². The molecule has 0 radical (unpaired) electrons. The predicted molar refractivity (Wildman–Crippen MR) is 119 cm³/mol. The van der Waals surface area contributed by atoms with Gasteiger partial charge < -0.3 is 20.1 Å². The lowest BCUT2D eigenvalue weighted by molar-refractivity contribution is 0.155. The van der Waals surface area contributed by atoms with Gasteiger partial charge in [-0.05, 0) is 34.8 Å². The highest BCUT2D eigenvalue weighted by Crippen LogP contribution is 2.23. The molecule has 1 aliphatic rings. The van der Waals surface area contributed by atoms with Crippen molar-refractivity contribution in [2.75, 3.05) is 15.8 Å². The van der Waals surface area contributed by atoms with Crippen molar-refractivity contribution in [2.24, 2.45) is 0 Å². The maximum atomic E-state index is 12.7. The third kappa shape index (κ3) is 4.83. The number of carbonyl (C=O) groups is 1. The maximum Gasteiger partial charge on any atom is 0.491 e. The average molecular weight is 454 g/mol. The molecule has 10 nitrogen and oxygen atoms in total. The van der Waals surface area contributed by atoms with Crippen LogP contribution >= 0.6 is 0 Å². The molecule has 3 aromatic rings. The molecule has 0 unspecified atom stereocenters. The standard InChI is InChI=1S/C20H19BN4O6S/c22-18-9-16(24-20(26)30-11-13-4-2-1-3-5-13)10-23-19(18)32(28,29)25-15-7-6-14-12-31-21(27)17(14)8-15/h1-10,25,27H,11-12,22H2,(H,24,26). The Bertz CT molecular complexity index is 1260. The van der Waals surface area contributed by atoms with Gasteiger partial charge in [-0.2, -0.15) is 8.42 Å². The van der Waals surface area contributed by atoms with Crippen LogP contribution in [-0.4, -0.2) is 31.6 Å². The molecule has 1 aliphatic heterocycles. The van der Waals surface area contributed by atoms with E-state index in [1.807, 2.05) is 30.3 Å². The molecule has 0 aliphatic carbocycles. The van der Waals surface area contributed by atoms with Gasteiger partial charge in [0.1, 0.15) is 6.61 Å². The Labute approximate surface area is 184 Å². The van der Waals surface area contributed by atoms with Crippen molar-refractivity contribution in [3.8, 4) is 0 Å². The summed E-state index contributed by atoms with van der Waals surface area (Å²) in [5, 5.41) is 11.8. The van der Waals surface area contributed by atoms with Crippen molar-refractivity contribution in [1.29, 1.82) is 0 Å². The topological polar surface area (TPSA) is 153 Å². The number of aromatic nitrogens is 1. The number of amides is 1. The Hall–Kier alpha value is -3.61. The van der Waals surface area contributed by atoms with Gasteiger partial charge in [0.2, 0.25) is 0 Å². The Kier molecular flexibility index (Phi) is 5.99. The third-order valence-corrected chi connectivity index (χ3v) is 6.01. The summed E-state index contributed by atoms with van der Waals surface area (Å²) >= 11 is 0. The van der Waals surface area contributed by atoms with E-state index < -0.39 is 28.3 Å². The summed E-state index contributed by atoms with van der Waals surface area (Å²) in [6, 6.07) is 15.1. The van der Waals surface area contributed by atoms with Crippen LogP contribution in [0.4, 0.5) is 21.9 Å². The Morgan fingerprint density at radius 1 is 1.19 bits per heavy atom.